The monoisotopic (exact) mass is 492 g/mol. The van der Waals surface area contributed by atoms with Crippen molar-refractivity contribution in [1.29, 1.82) is 0 Å². The molecule has 36 heavy (non-hydrogen) atoms. The van der Waals surface area contributed by atoms with Gasteiger partial charge in [0.15, 0.2) is 5.70 Å². The number of allylic oxidation sites excluding steroid dienone is 1. The first-order chi connectivity index (χ1) is 17.1. The Morgan fingerprint density at radius 3 is 2.58 bits per heavy atom. The molecule has 0 bridgehead atoms. The minimum absolute atomic E-state index is 0.118. The SMILES string of the molecule is C=C(C)C(=O)OCCOC(=O)c1cccc(N=NC(C(=O)Nc2ccc3c(c2)CC(=O)N3)=C(C)O)c1. The molecule has 0 saturated heterocycles. The van der Waals surface area contributed by atoms with Crippen molar-refractivity contribution in [2.75, 3.05) is 23.8 Å². The van der Waals surface area contributed by atoms with Crippen LogP contribution in [0, 0.1) is 0 Å². The van der Waals surface area contributed by atoms with E-state index in [9.17, 15) is 24.3 Å². The van der Waals surface area contributed by atoms with Crippen molar-refractivity contribution >= 4 is 40.8 Å². The summed E-state index contributed by atoms with van der Waals surface area (Å²) < 4.78 is 9.92. The standard InChI is InChI=1S/C25H24N4O7/c1-14(2)24(33)35-9-10-36-25(34)16-5-4-6-19(11-16)28-29-22(15(3)30)23(32)26-18-7-8-20-17(12-18)13-21(31)27-20/h4-8,11-12,30H,1,9-10,13H2,2-3H3,(H,26,32)(H,27,31). The highest BCUT2D eigenvalue weighted by Crippen LogP contribution is 2.26. The van der Waals surface area contributed by atoms with Crippen LogP contribution >= 0.6 is 0 Å². The molecule has 0 aliphatic carbocycles. The third-order valence-corrected chi connectivity index (χ3v) is 4.79. The van der Waals surface area contributed by atoms with Gasteiger partial charge < -0.3 is 25.2 Å². The summed E-state index contributed by atoms with van der Waals surface area (Å²) in [6, 6.07) is 10.9. The number of aliphatic hydroxyl groups is 1. The van der Waals surface area contributed by atoms with Crippen LogP contribution in [0.4, 0.5) is 17.1 Å². The number of carbonyl (C=O) groups is 4. The molecule has 1 aliphatic rings. The zero-order valence-electron chi connectivity index (χ0n) is 19.7. The molecule has 1 aliphatic heterocycles. The van der Waals surface area contributed by atoms with Crippen molar-refractivity contribution < 1.29 is 33.8 Å². The quantitative estimate of drug-likeness (QED) is 0.157. The van der Waals surface area contributed by atoms with E-state index >= 15 is 0 Å². The number of nitrogens with one attached hydrogen (secondary N) is 2. The molecule has 2 aromatic rings. The number of carbonyl (C=O) groups excluding carboxylic acids is 4. The summed E-state index contributed by atoms with van der Waals surface area (Å²) in [5, 5.41) is 23.1. The Morgan fingerprint density at radius 2 is 1.86 bits per heavy atom. The van der Waals surface area contributed by atoms with Crippen molar-refractivity contribution in [2.24, 2.45) is 10.2 Å². The Morgan fingerprint density at radius 1 is 1.11 bits per heavy atom. The van der Waals surface area contributed by atoms with Crippen LogP contribution in [0.15, 0.2) is 76.3 Å². The fourth-order valence-corrected chi connectivity index (χ4v) is 3.06. The molecule has 0 saturated carbocycles. The van der Waals surface area contributed by atoms with Crippen LogP contribution in [0.2, 0.25) is 0 Å². The van der Waals surface area contributed by atoms with Crippen molar-refractivity contribution in [1.82, 2.24) is 0 Å². The number of aliphatic hydroxyl groups excluding tert-OH is 1. The second kappa shape index (κ2) is 11.6. The number of esters is 2. The van der Waals surface area contributed by atoms with Gasteiger partial charge in [-0.2, -0.15) is 5.11 Å². The second-order valence-electron chi connectivity index (χ2n) is 7.79. The van der Waals surface area contributed by atoms with Gasteiger partial charge in [0.05, 0.1) is 17.7 Å². The first kappa shape index (κ1) is 25.8. The minimum atomic E-state index is -0.712. The molecule has 0 unspecified atom stereocenters. The highest BCUT2D eigenvalue weighted by Gasteiger charge is 2.19. The summed E-state index contributed by atoms with van der Waals surface area (Å²) in [6.07, 6.45) is 0.207. The fourth-order valence-electron chi connectivity index (χ4n) is 3.06. The van der Waals surface area contributed by atoms with Crippen LogP contribution in [-0.4, -0.2) is 42.1 Å². The predicted octanol–water partition coefficient (Wildman–Crippen LogP) is 3.97. The molecule has 0 radical (unpaired) electrons. The lowest BCUT2D eigenvalue weighted by atomic mass is 10.1. The van der Waals surface area contributed by atoms with Gasteiger partial charge in [0.1, 0.15) is 19.0 Å². The molecular weight excluding hydrogens is 468 g/mol. The molecule has 3 rings (SSSR count). The van der Waals surface area contributed by atoms with Gasteiger partial charge in [-0.05, 0) is 55.8 Å². The molecule has 0 spiro atoms. The van der Waals surface area contributed by atoms with Crippen LogP contribution in [0.1, 0.15) is 29.8 Å². The summed E-state index contributed by atoms with van der Waals surface area (Å²) in [5.74, 6) is -2.46. The summed E-state index contributed by atoms with van der Waals surface area (Å²) in [5.41, 5.74) is 2.13. The number of anilines is 2. The van der Waals surface area contributed by atoms with E-state index in [1.54, 1.807) is 30.3 Å². The van der Waals surface area contributed by atoms with E-state index in [0.29, 0.717) is 11.4 Å². The van der Waals surface area contributed by atoms with Crippen LogP contribution in [0.3, 0.4) is 0 Å². The summed E-state index contributed by atoms with van der Waals surface area (Å²) in [6.45, 7) is 5.98. The summed E-state index contributed by atoms with van der Waals surface area (Å²) in [4.78, 5) is 47.8. The van der Waals surface area contributed by atoms with Gasteiger partial charge in [-0.1, -0.05) is 12.6 Å². The van der Waals surface area contributed by atoms with E-state index in [-0.39, 0.29) is 53.8 Å². The number of ether oxygens (including phenoxy) is 2. The zero-order valence-corrected chi connectivity index (χ0v) is 19.7. The second-order valence-corrected chi connectivity index (χ2v) is 7.79. The number of fused-ring (bicyclic) bond motifs is 1. The van der Waals surface area contributed by atoms with E-state index in [2.05, 4.69) is 27.4 Å². The fraction of sp³-hybridized carbons (Fsp3) is 0.200. The molecule has 186 valence electrons. The van der Waals surface area contributed by atoms with E-state index < -0.39 is 17.8 Å². The topological polar surface area (TPSA) is 156 Å². The van der Waals surface area contributed by atoms with Gasteiger partial charge in [0.25, 0.3) is 5.91 Å². The van der Waals surface area contributed by atoms with Crippen molar-refractivity contribution in [3.05, 3.63) is 77.2 Å². The maximum absolute atomic E-state index is 12.7. The highest BCUT2D eigenvalue weighted by molar-refractivity contribution is 6.05. The molecule has 11 nitrogen and oxygen atoms in total. The lowest BCUT2D eigenvalue weighted by molar-refractivity contribution is -0.140. The van der Waals surface area contributed by atoms with Gasteiger partial charge >= 0.3 is 11.9 Å². The average molecular weight is 492 g/mol. The van der Waals surface area contributed by atoms with Crippen molar-refractivity contribution in [3.8, 4) is 0 Å². The van der Waals surface area contributed by atoms with Gasteiger partial charge in [0.2, 0.25) is 5.91 Å². The van der Waals surface area contributed by atoms with Crippen LogP contribution < -0.4 is 10.6 Å². The molecule has 0 atom stereocenters. The molecule has 0 fully saturated rings. The molecular formula is C25H24N4O7. The van der Waals surface area contributed by atoms with Crippen molar-refractivity contribution in [2.45, 2.75) is 20.3 Å². The maximum atomic E-state index is 12.7. The Kier molecular flexibility index (Phi) is 8.29. The first-order valence-corrected chi connectivity index (χ1v) is 10.8. The Labute approximate surface area is 206 Å². The third kappa shape index (κ3) is 6.86. The molecule has 2 aromatic carbocycles. The maximum Gasteiger partial charge on any atom is 0.338 e. The van der Waals surface area contributed by atoms with E-state index in [4.69, 9.17) is 9.47 Å². The Bertz CT molecular complexity index is 1290. The summed E-state index contributed by atoms with van der Waals surface area (Å²) >= 11 is 0. The highest BCUT2D eigenvalue weighted by atomic mass is 16.6. The number of hydrogen-bond donors (Lipinski definition) is 3. The number of rotatable bonds is 9. The zero-order chi connectivity index (χ0) is 26.2. The van der Waals surface area contributed by atoms with Gasteiger partial charge in [-0.3, -0.25) is 9.59 Å². The van der Waals surface area contributed by atoms with E-state index in [1.165, 1.54) is 26.0 Å². The van der Waals surface area contributed by atoms with E-state index in [0.717, 1.165) is 5.56 Å². The smallest absolute Gasteiger partial charge is 0.338 e. The molecule has 11 heteroatoms. The Balaban J connectivity index is 1.62. The number of azo groups is 1. The van der Waals surface area contributed by atoms with Crippen LogP contribution in [0.5, 0.6) is 0 Å². The predicted molar refractivity (Wildman–Crippen MR) is 130 cm³/mol. The molecule has 0 aromatic heterocycles. The summed E-state index contributed by atoms with van der Waals surface area (Å²) in [7, 11) is 0. The Hall–Kier alpha value is -4.80. The molecule has 3 N–H and O–H groups in total. The van der Waals surface area contributed by atoms with Gasteiger partial charge in [-0.15, -0.1) is 5.11 Å². The number of benzene rings is 2. The van der Waals surface area contributed by atoms with Crippen LogP contribution in [-0.2, 0) is 30.3 Å². The van der Waals surface area contributed by atoms with Crippen LogP contribution in [0.25, 0.3) is 0 Å². The van der Waals surface area contributed by atoms with Gasteiger partial charge in [-0.25, -0.2) is 9.59 Å². The molecule has 2 amide bonds. The first-order valence-electron chi connectivity index (χ1n) is 10.8. The van der Waals surface area contributed by atoms with E-state index in [1.807, 2.05) is 0 Å². The molecule has 1 heterocycles. The number of amides is 2. The van der Waals surface area contributed by atoms with Gasteiger partial charge in [0, 0.05) is 16.9 Å². The number of hydrogen-bond acceptors (Lipinski definition) is 9. The lowest BCUT2D eigenvalue weighted by Gasteiger charge is -2.08. The number of nitrogens with zero attached hydrogens (tertiary/aromatic N) is 2. The normalized spacial score (nSPS) is 12.9. The van der Waals surface area contributed by atoms with Crippen molar-refractivity contribution in [3.63, 3.8) is 0 Å². The minimum Gasteiger partial charge on any atom is -0.510 e. The lowest BCUT2D eigenvalue weighted by Crippen LogP contribution is -2.14. The largest absolute Gasteiger partial charge is 0.510 e. The third-order valence-electron chi connectivity index (χ3n) is 4.79. The average Bonchev–Trinajstić information content (AvgIpc) is 3.20.